The fourth-order valence-corrected chi connectivity index (χ4v) is 4.00. The predicted octanol–water partition coefficient (Wildman–Crippen LogP) is 4.49. The number of hydrogen-bond acceptors (Lipinski definition) is 3. The Labute approximate surface area is 175 Å². The molecule has 0 saturated heterocycles. The zero-order valence-corrected chi connectivity index (χ0v) is 17.1. The summed E-state index contributed by atoms with van der Waals surface area (Å²) >= 11 is 0. The smallest absolute Gasteiger partial charge is 0.312 e. The average molecular weight is 434 g/mol. The van der Waals surface area contributed by atoms with Crippen molar-refractivity contribution in [3.63, 3.8) is 0 Å². The second-order valence-electron chi connectivity index (χ2n) is 6.84. The summed E-state index contributed by atoms with van der Waals surface area (Å²) in [6.45, 7) is 2.20. The summed E-state index contributed by atoms with van der Waals surface area (Å²) in [4.78, 5) is 12.4. The number of hydrogen-bond donors (Lipinski definition) is 2. The van der Waals surface area contributed by atoms with Crippen LogP contribution >= 0.6 is 0 Å². The number of aryl methyl sites for hydroxylation is 1. The Kier molecular flexibility index (Phi) is 6.89. The number of halogens is 3. The number of alkyl halides is 3. The van der Waals surface area contributed by atoms with Crippen molar-refractivity contribution in [1.29, 1.82) is 0 Å². The van der Waals surface area contributed by atoms with E-state index in [1.807, 2.05) is 0 Å². The first kappa shape index (κ1) is 22.0. The highest BCUT2D eigenvalue weighted by molar-refractivity contribution is 7.83. The van der Waals surface area contributed by atoms with Crippen molar-refractivity contribution >= 4 is 27.7 Å². The monoisotopic (exact) mass is 434 g/mol. The van der Waals surface area contributed by atoms with Crippen LogP contribution in [0.4, 0.5) is 13.2 Å². The molecule has 2 N–H and O–H groups in total. The number of carbonyl (C=O) groups excluding carboxylic acids is 1. The molecule has 3 aromatic carbocycles. The molecule has 0 spiro atoms. The molecule has 3 aromatic rings. The summed E-state index contributed by atoms with van der Waals surface area (Å²) in [5.74, 6) is -0.353. The SMILES string of the molecule is Cc1ccc2cc(CNCCC(=O)NS(=O)c3ccccc3)ccc2c1C(F)(F)F. The molecule has 158 valence electrons. The molecule has 3 rings (SSSR count). The Bertz CT molecular complexity index is 1070. The third-order valence-corrected chi connectivity index (χ3v) is 5.71. The largest absolute Gasteiger partial charge is 0.417 e. The summed E-state index contributed by atoms with van der Waals surface area (Å²) in [5.41, 5.74) is 0.398. The van der Waals surface area contributed by atoms with Gasteiger partial charge in [-0.05, 0) is 47.0 Å². The molecular formula is C22H21F3N2O2S. The van der Waals surface area contributed by atoms with Gasteiger partial charge in [0.1, 0.15) is 0 Å². The molecule has 0 saturated carbocycles. The van der Waals surface area contributed by atoms with Gasteiger partial charge < -0.3 is 5.32 Å². The highest BCUT2D eigenvalue weighted by Crippen LogP contribution is 2.37. The minimum Gasteiger partial charge on any atom is -0.312 e. The van der Waals surface area contributed by atoms with Gasteiger partial charge in [0.15, 0.2) is 11.0 Å². The molecule has 0 aromatic heterocycles. The van der Waals surface area contributed by atoms with E-state index in [1.54, 1.807) is 48.5 Å². The zero-order chi connectivity index (χ0) is 21.7. The fraction of sp³-hybridized carbons (Fsp3) is 0.227. The van der Waals surface area contributed by atoms with Gasteiger partial charge in [-0.15, -0.1) is 0 Å². The normalized spacial score (nSPS) is 12.7. The van der Waals surface area contributed by atoms with Crippen molar-refractivity contribution in [2.45, 2.75) is 31.0 Å². The van der Waals surface area contributed by atoms with E-state index >= 15 is 0 Å². The zero-order valence-electron chi connectivity index (χ0n) is 16.3. The molecule has 0 radical (unpaired) electrons. The Balaban J connectivity index is 1.54. The Morgan fingerprint density at radius 1 is 1.03 bits per heavy atom. The minimum atomic E-state index is -4.41. The van der Waals surface area contributed by atoms with Gasteiger partial charge in [0.2, 0.25) is 5.91 Å². The lowest BCUT2D eigenvalue weighted by molar-refractivity contribution is -0.136. The van der Waals surface area contributed by atoms with Crippen LogP contribution in [-0.2, 0) is 28.5 Å². The summed E-state index contributed by atoms with van der Waals surface area (Å²) in [6.07, 6.45) is -4.28. The Hall–Kier alpha value is -2.71. The van der Waals surface area contributed by atoms with E-state index in [2.05, 4.69) is 10.0 Å². The molecule has 1 atom stereocenters. The Morgan fingerprint density at radius 2 is 1.77 bits per heavy atom. The molecule has 1 amide bonds. The molecule has 0 aliphatic heterocycles. The van der Waals surface area contributed by atoms with Crippen LogP contribution in [0.3, 0.4) is 0 Å². The lowest BCUT2D eigenvalue weighted by Crippen LogP contribution is -2.29. The van der Waals surface area contributed by atoms with Gasteiger partial charge in [-0.3, -0.25) is 9.52 Å². The van der Waals surface area contributed by atoms with Crippen molar-refractivity contribution < 1.29 is 22.2 Å². The molecule has 30 heavy (non-hydrogen) atoms. The van der Waals surface area contributed by atoms with Gasteiger partial charge in [0.25, 0.3) is 0 Å². The highest BCUT2D eigenvalue weighted by Gasteiger charge is 2.34. The molecule has 8 heteroatoms. The van der Waals surface area contributed by atoms with Crippen LogP contribution in [0, 0.1) is 6.92 Å². The van der Waals surface area contributed by atoms with Crippen LogP contribution in [0.1, 0.15) is 23.1 Å². The average Bonchev–Trinajstić information content (AvgIpc) is 2.70. The first-order valence-corrected chi connectivity index (χ1v) is 10.5. The topological polar surface area (TPSA) is 58.2 Å². The van der Waals surface area contributed by atoms with Gasteiger partial charge in [0.05, 0.1) is 10.5 Å². The number of carbonyl (C=O) groups is 1. The van der Waals surface area contributed by atoms with E-state index in [4.69, 9.17) is 0 Å². The summed E-state index contributed by atoms with van der Waals surface area (Å²) in [7, 11) is -1.60. The second kappa shape index (κ2) is 9.40. The van der Waals surface area contributed by atoms with Crippen molar-refractivity contribution in [2.75, 3.05) is 6.54 Å². The maximum atomic E-state index is 13.3. The van der Waals surface area contributed by atoms with Crippen LogP contribution < -0.4 is 10.0 Å². The number of rotatable bonds is 7. The third kappa shape index (κ3) is 5.46. The van der Waals surface area contributed by atoms with E-state index in [0.29, 0.717) is 23.4 Å². The molecule has 0 bridgehead atoms. The molecule has 0 heterocycles. The van der Waals surface area contributed by atoms with Gasteiger partial charge in [-0.2, -0.15) is 13.2 Å². The lowest BCUT2D eigenvalue weighted by atomic mass is 9.97. The molecule has 1 unspecified atom stereocenters. The maximum Gasteiger partial charge on any atom is 0.417 e. The minimum absolute atomic E-state index is 0.129. The van der Waals surface area contributed by atoms with Gasteiger partial charge in [0, 0.05) is 19.5 Å². The van der Waals surface area contributed by atoms with E-state index in [0.717, 1.165) is 5.56 Å². The van der Waals surface area contributed by atoms with Gasteiger partial charge in [-0.25, -0.2) is 4.21 Å². The third-order valence-electron chi connectivity index (χ3n) is 4.60. The first-order valence-electron chi connectivity index (χ1n) is 9.32. The molecule has 0 aliphatic carbocycles. The highest BCUT2D eigenvalue weighted by atomic mass is 32.2. The van der Waals surface area contributed by atoms with E-state index in [-0.39, 0.29) is 23.3 Å². The summed E-state index contributed by atoms with van der Waals surface area (Å²) < 4.78 is 54.5. The van der Waals surface area contributed by atoms with E-state index in [9.17, 15) is 22.2 Å². The molecule has 0 fully saturated rings. The maximum absolute atomic E-state index is 13.3. The second-order valence-corrected chi connectivity index (χ2v) is 8.06. The van der Waals surface area contributed by atoms with Crippen LogP contribution in [0.25, 0.3) is 10.8 Å². The van der Waals surface area contributed by atoms with Crippen molar-refractivity contribution in [2.24, 2.45) is 0 Å². The quantitative estimate of drug-likeness (QED) is 0.539. The molecule has 0 aliphatic rings. The predicted molar refractivity (Wildman–Crippen MR) is 111 cm³/mol. The Morgan fingerprint density at radius 3 is 2.47 bits per heavy atom. The van der Waals surface area contributed by atoms with Gasteiger partial charge >= 0.3 is 6.18 Å². The van der Waals surface area contributed by atoms with Crippen molar-refractivity contribution in [3.8, 4) is 0 Å². The number of nitrogens with one attached hydrogen (secondary N) is 2. The summed E-state index contributed by atoms with van der Waals surface area (Å²) in [6, 6.07) is 16.6. The van der Waals surface area contributed by atoms with Crippen LogP contribution in [-0.4, -0.2) is 16.7 Å². The number of amides is 1. The molecule has 4 nitrogen and oxygen atoms in total. The number of benzene rings is 3. The van der Waals surface area contributed by atoms with Crippen LogP contribution in [0.2, 0.25) is 0 Å². The standard InChI is InChI=1S/C22H21F3N2O2S/c1-15-7-9-17-13-16(8-10-19(17)21(15)22(23,24)25)14-26-12-11-20(28)27-30(29)18-5-3-2-4-6-18/h2-10,13,26H,11-12,14H2,1H3,(H,27,28). The number of fused-ring (bicyclic) bond motifs is 1. The molecular weight excluding hydrogens is 413 g/mol. The lowest BCUT2D eigenvalue weighted by Gasteiger charge is -2.14. The first-order chi connectivity index (χ1) is 14.3. The van der Waals surface area contributed by atoms with Crippen LogP contribution in [0.5, 0.6) is 0 Å². The van der Waals surface area contributed by atoms with E-state index in [1.165, 1.54) is 19.1 Å². The van der Waals surface area contributed by atoms with E-state index < -0.39 is 22.7 Å². The van der Waals surface area contributed by atoms with Gasteiger partial charge in [-0.1, -0.05) is 42.5 Å². The fourth-order valence-electron chi connectivity index (χ4n) is 3.17. The van der Waals surface area contributed by atoms with Crippen molar-refractivity contribution in [3.05, 3.63) is 77.4 Å². The van der Waals surface area contributed by atoms with Crippen molar-refractivity contribution in [1.82, 2.24) is 10.0 Å². The summed E-state index contributed by atoms with van der Waals surface area (Å²) in [5, 5.41) is 3.78. The van der Waals surface area contributed by atoms with Crippen LogP contribution in [0.15, 0.2) is 65.6 Å².